The van der Waals surface area contributed by atoms with E-state index in [0.717, 1.165) is 12.0 Å². The van der Waals surface area contributed by atoms with E-state index in [-0.39, 0.29) is 12.0 Å². The second-order valence-corrected chi connectivity index (χ2v) is 4.44. The van der Waals surface area contributed by atoms with Crippen molar-refractivity contribution in [3.05, 3.63) is 30.1 Å². The fourth-order valence-electron chi connectivity index (χ4n) is 1.62. The molecule has 17 heavy (non-hydrogen) atoms. The first-order valence-corrected chi connectivity index (χ1v) is 5.83. The van der Waals surface area contributed by atoms with Crippen LogP contribution in [0.1, 0.15) is 25.8 Å². The summed E-state index contributed by atoms with van der Waals surface area (Å²) in [5.41, 5.74) is 1.11. The van der Waals surface area contributed by atoms with Crippen LogP contribution >= 0.6 is 0 Å². The summed E-state index contributed by atoms with van der Waals surface area (Å²) in [6, 6.07) is 3.61. The lowest BCUT2D eigenvalue weighted by Crippen LogP contribution is -2.38. The first-order valence-electron chi connectivity index (χ1n) is 5.83. The van der Waals surface area contributed by atoms with Crippen molar-refractivity contribution >= 4 is 5.97 Å². The van der Waals surface area contributed by atoms with Gasteiger partial charge in [0, 0.05) is 18.9 Å². The van der Waals surface area contributed by atoms with Crippen LogP contribution in [0.25, 0.3) is 0 Å². The molecule has 4 nitrogen and oxygen atoms in total. The van der Waals surface area contributed by atoms with Crippen molar-refractivity contribution in [3.8, 4) is 0 Å². The standard InChI is InChI=1S/C13H20N2O2/c1-10(2)8-12(13(16)17-3)15-9-11-4-6-14-7-5-11/h4-7,10,12,15H,8-9H2,1-3H3/t12-/m0/s1. The van der Waals surface area contributed by atoms with Crippen LogP contribution in [0.5, 0.6) is 0 Å². The van der Waals surface area contributed by atoms with E-state index in [1.165, 1.54) is 7.11 Å². The van der Waals surface area contributed by atoms with Crippen LogP contribution in [0.2, 0.25) is 0 Å². The first-order chi connectivity index (χ1) is 8.13. The van der Waals surface area contributed by atoms with Crippen LogP contribution < -0.4 is 5.32 Å². The summed E-state index contributed by atoms with van der Waals surface area (Å²) in [7, 11) is 1.42. The minimum atomic E-state index is -0.242. The Morgan fingerprint density at radius 1 is 1.41 bits per heavy atom. The zero-order valence-electron chi connectivity index (χ0n) is 10.6. The van der Waals surface area contributed by atoms with Gasteiger partial charge < -0.3 is 10.1 Å². The molecule has 94 valence electrons. The van der Waals surface area contributed by atoms with Crippen molar-refractivity contribution in [1.29, 1.82) is 0 Å². The highest BCUT2D eigenvalue weighted by molar-refractivity contribution is 5.75. The van der Waals surface area contributed by atoms with Crippen molar-refractivity contribution in [3.63, 3.8) is 0 Å². The van der Waals surface area contributed by atoms with Gasteiger partial charge in [0.05, 0.1) is 7.11 Å². The Bertz CT molecular complexity index is 339. The number of ether oxygens (including phenoxy) is 1. The fourth-order valence-corrected chi connectivity index (χ4v) is 1.62. The number of nitrogens with zero attached hydrogens (tertiary/aromatic N) is 1. The Morgan fingerprint density at radius 2 is 2.06 bits per heavy atom. The highest BCUT2D eigenvalue weighted by atomic mass is 16.5. The molecule has 0 amide bonds. The van der Waals surface area contributed by atoms with E-state index in [1.54, 1.807) is 12.4 Å². The monoisotopic (exact) mass is 236 g/mol. The van der Waals surface area contributed by atoms with Gasteiger partial charge in [0.15, 0.2) is 0 Å². The summed E-state index contributed by atoms with van der Waals surface area (Å²) in [6.45, 7) is 4.82. The van der Waals surface area contributed by atoms with E-state index in [9.17, 15) is 4.79 Å². The Hall–Kier alpha value is -1.42. The van der Waals surface area contributed by atoms with E-state index >= 15 is 0 Å². The average molecular weight is 236 g/mol. The lowest BCUT2D eigenvalue weighted by Gasteiger charge is -2.18. The van der Waals surface area contributed by atoms with Gasteiger partial charge in [-0.05, 0) is 30.0 Å². The molecule has 0 aromatic carbocycles. The van der Waals surface area contributed by atoms with E-state index in [2.05, 4.69) is 24.1 Å². The molecule has 0 saturated heterocycles. The zero-order valence-corrected chi connectivity index (χ0v) is 10.6. The quantitative estimate of drug-likeness (QED) is 0.765. The van der Waals surface area contributed by atoms with Gasteiger partial charge in [0.2, 0.25) is 0 Å². The van der Waals surface area contributed by atoms with E-state index < -0.39 is 0 Å². The molecule has 0 unspecified atom stereocenters. The molecule has 0 aliphatic rings. The molecular formula is C13H20N2O2. The fraction of sp³-hybridized carbons (Fsp3) is 0.538. The van der Waals surface area contributed by atoms with Crippen LogP contribution in [0.4, 0.5) is 0 Å². The highest BCUT2D eigenvalue weighted by Gasteiger charge is 2.19. The van der Waals surface area contributed by atoms with Gasteiger partial charge in [-0.25, -0.2) is 0 Å². The van der Waals surface area contributed by atoms with Crippen LogP contribution in [0.15, 0.2) is 24.5 Å². The van der Waals surface area contributed by atoms with Gasteiger partial charge in [-0.15, -0.1) is 0 Å². The van der Waals surface area contributed by atoms with Crippen LogP contribution in [0, 0.1) is 5.92 Å². The third-order valence-corrected chi connectivity index (χ3v) is 2.49. The molecule has 1 aromatic heterocycles. The van der Waals surface area contributed by atoms with E-state index in [4.69, 9.17) is 4.74 Å². The Kier molecular flexibility index (Phi) is 5.63. The van der Waals surface area contributed by atoms with Gasteiger partial charge in [-0.1, -0.05) is 13.8 Å². The Morgan fingerprint density at radius 3 is 2.59 bits per heavy atom. The molecule has 0 saturated carbocycles. The average Bonchev–Trinajstić information content (AvgIpc) is 2.34. The van der Waals surface area contributed by atoms with E-state index in [0.29, 0.717) is 12.5 Å². The molecule has 0 aliphatic heterocycles. The van der Waals surface area contributed by atoms with Gasteiger partial charge in [0.25, 0.3) is 0 Å². The normalized spacial score (nSPS) is 12.5. The summed E-state index contributed by atoms with van der Waals surface area (Å²) < 4.78 is 4.79. The van der Waals surface area contributed by atoms with Gasteiger partial charge in [-0.3, -0.25) is 9.78 Å². The molecular weight excluding hydrogens is 216 g/mol. The van der Waals surface area contributed by atoms with Crippen molar-refractivity contribution in [1.82, 2.24) is 10.3 Å². The summed E-state index contributed by atoms with van der Waals surface area (Å²) in [5, 5.41) is 3.22. The van der Waals surface area contributed by atoms with Crippen LogP contribution in [0.3, 0.4) is 0 Å². The Balaban J connectivity index is 2.52. The lowest BCUT2D eigenvalue weighted by molar-refractivity contribution is -0.143. The number of nitrogens with one attached hydrogen (secondary N) is 1. The van der Waals surface area contributed by atoms with Crippen molar-refractivity contribution in [2.45, 2.75) is 32.9 Å². The lowest BCUT2D eigenvalue weighted by atomic mass is 10.0. The number of carbonyl (C=O) groups is 1. The summed E-state index contributed by atoms with van der Waals surface area (Å²) >= 11 is 0. The molecule has 4 heteroatoms. The number of rotatable bonds is 6. The summed E-state index contributed by atoms with van der Waals surface area (Å²) in [6.07, 6.45) is 4.26. The van der Waals surface area contributed by atoms with Crippen molar-refractivity contribution in [2.75, 3.05) is 7.11 Å². The number of carbonyl (C=O) groups excluding carboxylic acids is 1. The third kappa shape index (κ3) is 4.95. The van der Waals surface area contributed by atoms with E-state index in [1.807, 2.05) is 12.1 Å². The number of hydrogen-bond donors (Lipinski definition) is 1. The van der Waals surface area contributed by atoms with Crippen LogP contribution in [-0.2, 0) is 16.1 Å². The smallest absolute Gasteiger partial charge is 0.322 e. The number of aromatic nitrogens is 1. The number of methoxy groups -OCH3 is 1. The van der Waals surface area contributed by atoms with Crippen molar-refractivity contribution in [2.24, 2.45) is 5.92 Å². The molecule has 0 aliphatic carbocycles. The topological polar surface area (TPSA) is 51.2 Å². The second kappa shape index (κ2) is 7.01. The Labute approximate surface area is 102 Å². The first kappa shape index (κ1) is 13.6. The molecule has 1 atom stereocenters. The predicted octanol–water partition coefficient (Wildman–Crippen LogP) is 1.76. The van der Waals surface area contributed by atoms with Gasteiger partial charge >= 0.3 is 5.97 Å². The molecule has 0 fully saturated rings. The number of esters is 1. The SMILES string of the molecule is COC(=O)[C@H](CC(C)C)NCc1ccncc1. The third-order valence-electron chi connectivity index (χ3n) is 2.49. The zero-order chi connectivity index (χ0) is 12.7. The highest BCUT2D eigenvalue weighted by Crippen LogP contribution is 2.07. The minimum Gasteiger partial charge on any atom is -0.468 e. The maximum absolute atomic E-state index is 11.6. The molecule has 0 bridgehead atoms. The molecule has 0 spiro atoms. The number of pyridine rings is 1. The maximum Gasteiger partial charge on any atom is 0.322 e. The predicted molar refractivity (Wildman–Crippen MR) is 66.3 cm³/mol. The van der Waals surface area contributed by atoms with Crippen molar-refractivity contribution < 1.29 is 9.53 Å². The molecule has 0 radical (unpaired) electrons. The van der Waals surface area contributed by atoms with Gasteiger partial charge in [-0.2, -0.15) is 0 Å². The van der Waals surface area contributed by atoms with Gasteiger partial charge in [0.1, 0.15) is 6.04 Å². The molecule has 1 N–H and O–H groups in total. The molecule has 1 aromatic rings. The summed E-state index contributed by atoms with van der Waals surface area (Å²) in [4.78, 5) is 15.5. The van der Waals surface area contributed by atoms with Crippen LogP contribution in [-0.4, -0.2) is 24.1 Å². The number of hydrogen-bond acceptors (Lipinski definition) is 4. The second-order valence-electron chi connectivity index (χ2n) is 4.44. The minimum absolute atomic E-state index is 0.201. The maximum atomic E-state index is 11.6. The summed E-state index contributed by atoms with van der Waals surface area (Å²) in [5.74, 6) is 0.247. The molecule has 1 rings (SSSR count). The molecule has 1 heterocycles. The largest absolute Gasteiger partial charge is 0.468 e.